The molecule has 0 aromatic carbocycles. The Balaban J connectivity index is 1.53. The molecule has 0 amide bonds. The minimum atomic E-state index is -0.0135. The summed E-state index contributed by atoms with van der Waals surface area (Å²) in [6.45, 7) is 8.28. The van der Waals surface area contributed by atoms with Crippen molar-refractivity contribution < 1.29 is 0 Å². The van der Waals surface area contributed by atoms with Crippen molar-refractivity contribution in [3.05, 3.63) is 47.5 Å². The van der Waals surface area contributed by atoms with Crippen LogP contribution < -0.4 is 4.90 Å². The standard InChI is InChI=1S/C20H23N7/c1-20(2,3)16-5-7-18-23-24-19(27(18)25-16)15-8-10-26(11-9-15)17-6-4-14(12-21)13-22-17/h4-7,13,15H,8-11H2,1-3H3. The predicted octanol–water partition coefficient (Wildman–Crippen LogP) is 3.07. The van der Waals surface area contributed by atoms with E-state index >= 15 is 0 Å². The molecule has 0 aliphatic carbocycles. The number of fused-ring (bicyclic) bond motifs is 1. The van der Waals surface area contributed by atoms with Gasteiger partial charge in [-0.05, 0) is 37.1 Å². The number of hydrogen-bond acceptors (Lipinski definition) is 6. The molecule has 0 bridgehead atoms. The van der Waals surface area contributed by atoms with Gasteiger partial charge >= 0.3 is 0 Å². The van der Waals surface area contributed by atoms with E-state index in [1.807, 2.05) is 28.8 Å². The molecule has 0 spiro atoms. The maximum absolute atomic E-state index is 8.91. The zero-order chi connectivity index (χ0) is 19.0. The van der Waals surface area contributed by atoms with Crippen molar-refractivity contribution in [2.45, 2.75) is 44.9 Å². The van der Waals surface area contributed by atoms with Crippen LogP contribution in [0.2, 0.25) is 0 Å². The lowest BCUT2D eigenvalue weighted by Gasteiger charge is -2.32. The number of piperidine rings is 1. The molecule has 0 N–H and O–H groups in total. The molecular formula is C20H23N7. The van der Waals surface area contributed by atoms with E-state index in [2.05, 4.69) is 46.9 Å². The topological polar surface area (TPSA) is 83.0 Å². The third-order valence-electron chi connectivity index (χ3n) is 5.12. The zero-order valence-electron chi connectivity index (χ0n) is 15.9. The second-order valence-electron chi connectivity index (χ2n) is 8.07. The molecule has 27 heavy (non-hydrogen) atoms. The molecule has 138 valence electrons. The minimum Gasteiger partial charge on any atom is -0.357 e. The number of pyridine rings is 1. The third-order valence-corrected chi connectivity index (χ3v) is 5.12. The molecule has 0 saturated carbocycles. The summed E-state index contributed by atoms with van der Waals surface area (Å²) in [4.78, 5) is 6.67. The van der Waals surface area contributed by atoms with Gasteiger partial charge in [0.2, 0.25) is 0 Å². The van der Waals surface area contributed by atoms with Crippen molar-refractivity contribution in [2.24, 2.45) is 0 Å². The van der Waals surface area contributed by atoms with Crippen LogP contribution in [-0.4, -0.2) is 37.9 Å². The fourth-order valence-corrected chi connectivity index (χ4v) is 3.47. The van der Waals surface area contributed by atoms with Crippen molar-refractivity contribution in [1.82, 2.24) is 24.8 Å². The smallest absolute Gasteiger partial charge is 0.177 e. The van der Waals surface area contributed by atoms with Crippen molar-refractivity contribution in [3.63, 3.8) is 0 Å². The lowest BCUT2D eigenvalue weighted by molar-refractivity contribution is 0.470. The molecule has 4 rings (SSSR count). The summed E-state index contributed by atoms with van der Waals surface area (Å²) in [7, 11) is 0. The molecule has 1 aliphatic heterocycles. The van der Waals surface area contributed by atoms with Gasteiger partial charge < -0.3 is 4.90 Å². The summed E-state index contributed by atoms with van der Waals surface area (Å²) in [6.07, 6.45) is 3.58. The van der Waals surface area contributed by atoms with E-state index in [1.54, 1.807) is 6.20 Å². The maximum atomic E-state index is 8.91. The predicted molar refractivity (Wildman–Crippen MR) is 103 cm³/mol. The van der Waals surface area contributed by atoms with Crippen LogP contribution in [0.3, 0.4) is 0 Å². The summed E-state index contributed by atoms with van der Waals surface area (Å²) in [5.74, 6) is 2.20. The summed E-state index contributed by atoms with van der Waals surface area (Å²) < 4.78 is 1.92. The van der Waals surface area contributed by atoms with Crippen LogP contribution in [0.15, 0.2) is 30.5 Å². The first-order valence-corrected chi connectivity index (χ1v) is 9.29. The van der Waals surface area contributed by atoms with E-state index in [4.69, 9.17) is 10.4 Å². The average molecular weight is 361 g/mol. The van der Waals surface area contributed by atoms with Crippen molar-refractivity contribution in [1.29, 1.82) is 5.26 Å². The SMILES string of the molecule is CC(C)(C)c1ccc2nnc(C3CCN(c4ccc(C#N)cn4)CC3)n2n1. The number of rotatable bonds is 2. The van der Waals surface area contributed by atoms with Crippen molar-refractivity contribution in [3.8, 4) is 6.07 Å². The Hall–Kier alpha value is -3.01. The second kappa shape index (κ2) is 6.62. The molecular weight excluding hydrogens is 338 g/mol. The molecule has 4 heterocycles. The van der Waals surface area contributed by atoms with Crippen LogP contribution in [0.1, 0.15) is 56.6 Å². The molecule has 7 nitrogen and oxygen atoms in total. The molecule has 1 saturated heterocycles. The lowest BCUT2D eigenvalue weighted by atomic mass is 9.92. The third kappa shape index (κ3) is 3.35. The first-order chi connectivity index (χ1) is 13.0. The van der Waals surface area contributed by atoms with E-state index < -0.39 is 0 Å². The van der Waals surface area contributed by atoms with E-state index in [-0.39, 0.29) is 5.41 Å². The Morgan fingerprint density at radius 3 is 2.48 bits per heavy atom. The fourth-order valence-electron chi connectivity index (χ4n) is 3.47. The molecule has 3 aromatic rings. The Morgan fingerprint density at radius 2 is 1.85 bits per heavy atom. The quantitative estimate of drug-likeness (QED) is 0.697. The van der Waals surface area contributed by atoms with Crippen LogP contribution in [0.4, 0.5) is 5.82 Å². The summed E-state index contributed by atoms with van der Waals surface area (Å²) in [5.41, 5.74) is 2.41. The molecule has 1 fully saturated rings. The van der Waals surface area contributed by atoms with Crippen LogP contribution in [0.25, 0.3) is 5.65 Å². The van der Waals surface area contributed by atoms with Crippen molar-refractivity contribution >= 4 is 11.5 Å². The normalized spacial score (nSPS) is 15.9. The van der Waals surface area contributed by atoms with Gasteiger partial charge in [-0.25, -0.2) is 4.98 Å². The second-order valence-corrected chi connectivity index (χ2v) is 8.07. The van der Waals surface area contributed by atoms with E-state index in [1.165, 1.54) is 0 Å². The van der Waals surface area contributed by atoms with Gasteiger partial charge in [0.05, 0.1) is 11.3 Å². The van der Waals surface area contributed by atoms with Crippen LogP contribution in [0.5, 0.6) is 0 Å². The van der Waals surface area contributed by atoms with Crippen molar-refractivity contribution in [2.75, 3.05) is 18.0 Å². The highest BCUT2D eigenvalue weighted by Crippen LogP contribution is 2.29. The van der Waals surface area contributed by atoms with E-state index in [0.717, 1.165) is 48.9 Å². The van der Waals surface area contributed by atoms with Gasteiger partial charge in [0.25, 0.3) is 0 Å². The average Bonchev–Trinajstić information content (AvgIpc) is 3.11. The maximum Gasteiger partial charge on any atom is 0.177 e. The Labute approximate surface area is 158 Å². The number of aromatic nitrogens is 5. The Morgan fingerprint density at radius 1 is 1.07 bits per heavy atom. The monoisotopic (exact) mass is 361 g/mol. The Bertz CT molecular complexity index is 984. The summed E-state index contributed by atoms with van der Waals surface area (Å²) in [5, 5.41) is 22.5. The van der Waals surface area contributed by atoms with Gasteiger partial charge in [0.1, 0.15) is 11.9 Å². The first kappa shape index (κ1) is 17.4. The van der Waals surface area contributed by atoms with Gasteiger partial charge in [0.15, 0.2) is 11.5 Å². The zero-order valence-corrected chi connectivity index (χ0v) is 15.9. The summed E-state index contributed by atoms with van der Waals surface area (Å²) >= 11 is 0. The van der Waals surface area contributed by atoms with Crippen LogP contribution >= 0.6 is 0 Å². The highest BCUT2D eigenvalue weighted by Gasteiger charge is 2.26. The largest absolute Gasteiger partial charge is 0.357 e. The van der Waals surface area contributed by atoms with Crippen LogP contribution in [0, 0.1) is 11.3 Å². The molecule has 3 aromatic heterocycles. The molecule has 1 aliphatic rings. The minimum absolute atomic E-state index is 0.0135. The van der Waals surface area contributed by atoms with E-state index in [0.29, 0.717) is 11.5 Å². The highest BCUT2D eigenvalue weighted by molar-refractivity contribution is 5.43. The number of nitriles is 1. The van der Waals surface area contributed by atoms with Crippen LogP contribution in [-0.2, 0) is 5.41 Å². The molecule has 0 atom stereocenters. The molecule has 0 unspecified atom stereocenters. The lowest BCUT2D eigenvalue weighted by Crippen LogP contribution is -2.34. The number of hydrogen-bond donors (Lipinski definition) is 0. The Kier molecular flexibility index (Phi) is 4.27. The summed E-state index contributed by atoms with van der Waals surface area (Å²) in [6, 6.07) is 9.88. The van der Waals surface area contributed by atoms with Gasteiger partial charge in [-0.15, -0.1) is 10.2 Å². The first-order valence-electron chi connectivity index (χ1n) is 9.29. The van der Waals surface area contributed by atoms with Gasteiger partial charge in [0, 0.05) is 30.6 Å². The molecule has 7 heteroatoms. The highest BCUT2D eigenvalue weighted by atomic mass is 15.4. The van der Waals surface area contributed by atoms with Gasteiger partial charge in [-0.3, -0.25) is 0 Å². The fraction of sp³-hybridized carbons (Fsp3) is 0.450. The molecule has 0 radical (unpaired) electrons. The number of nitrogens with zero attached hydrogens (tertiary/aromatic N) is 7. The van der Waals surface area contributed by atoms with E-state index in [9.17, 15) is 0 Å². The van der Waals surface area contributed by atoms with Gasteiger partial charge in [-0.1, -0.05) is 20.8 Å². The van der Waals surface area contributed by atoms with Gasteiger partial charge in [-0.2, -0.15) is 14.9 Å². The number of anilines is 1.